The fourth-order valence-corrected chi connectivity index (χ4v) is 8.75. The van der Waals surface area contributed by atoms with Gasteiger partial charge in [-0.1, -0.05) is 115 Å². The van der Waals surface area contributed by atoms with E-state index >= 15 is 0 Å². The number of benzene rings is 4. The van der Waals surface area contributed by atoms with Crippen LogP contribution in [0.25, 0.3) is 0 Å². The van der Waals surface area contributed by atoms with Gasteiger partial charge in [-0.25, -0.2) is 0 Å². The second kappa shape index (κ2) is 7.95. The van der Waals surface area contributed by atoms with Crippen LogP contribution in [0.5, 0.6) is 0 Å². The van der Waals surface area contributed by atoms with Crippen molar-refractivity contribution in [1.29, 1.82) is 0 Å². The van der Waals surface area contributed by atoms with E-state index in [1.807, 2.05) is 12.1 Å². The molecule has 0 aliphatic carbocycles. The summed E-state index contributed by atoms with van der Waals surface area (Å²) in [7, 11) is -2.23. The molecule has 4 aromatic rings. The molecule has 132 valence electrons. The summed E-state index contributed by atoms with van der Waals surface area (Å²) in [5.41, 5.74) is 1.32. The van der Waals surface area contributed by atoms with Crippen LogP contribution < -0.4 is 15.6 Å². The first-order valence-electron chi connectivity index (χ1n) is 9.20. The molecule has 0 bridgehead atoms. The van der Waals surface area contributed by atoms with Gasteiger partial charge < -0.3 is 0 Å². The molecule has 0 saturated heterocycles. The van der Waals surface area contributed by atoms with Crippen LogP contribution in [0.3, 0.4) is 0 Å². The highest BCUT2D eigenvalue weighted by Crippen LogP contribution is 2.17. The quantitative estimate of drug-likeness (QED) is 0.348. The van der Waals surface area contributed by atoms with E-state index in [-0.39, 0.29) is 0 Å². The normalized spacial score (nSPS) is 11.3. The lowest BCUT2D eigenvalue weighted by molar-refractivity contribution is 1.35. The smallest absolute Gasteiger partial charge is 0.0843 e. The standard InChI is InChI=1S/C25H21ClSi/c26-22-18-16-21(17-19-22)20-27(23-10-4-1-5-11-23,24-12-6-2-7-13-24)25-14-8-3-9-15-25/h1-19H,20H2. The first-order chi connectivity index (χ1) is 13.3. The topological polar surface area (TPSA) is 0 Å². The second-order valence-corrected chi connectivity index (χ2v) is 11.1. The van der Waals surface area contributed by atoms with Gasteiger partial charge in [0.25, 0.3) is 0 Å². The van der Waals surface area contributed by atoms with Crippen LogP contribution in [0.15, 0.2) is 115 Å². The molecule has 0 saturated carbocycles. The van der Waals surface area contributed by atoms with Gasteiger partial charge in [0.2, 0.25) is 0 Å². The minimum atomic E-state index is -2.23. The maximum atomic E-state index is 6.15. The average Bonchev–Trinajstić information content (AvgIpc) is 2.75. The van der Waals surface area contributed by atoms with Crippen LogP contribution >= 0.6 is 11.6 Å². The van der Waals surface area contributed by atoms with Crippen LogP contribution in [-0.4, -0.2) is 8.07 Å². The molecule has 0 unspecified atom stereocenters. The molecule has 0 amide bonds. The van der Waals surface area contributed by atoms with E-state index < -0.39 is 8.07 Å². The van der Waals surface area contributed by atoms with E-state index in [0.717, 1.165) is 11.1 Å². The Bertz CT molecular complexity index is 884. The van der Waals surface area contributed by atoms with Gasteiger partial charge >= 0.3 is 0 Å². The van der Waals surface area contributed by atoms with Gasteiger partial charge in [-0.3, -0.25) is 0 Å². The van der Waals surface area contributed by atoms with E-state index in [2.05, 4.69) is 103 Å². The Labute approximate surface area is 167 Å². The van der Waals surface area contributed by atoms with Gasteiger partial charge in [0.1, 0.15) is 0 Å². The summed E-state index contributed by atoms with van der Waals surface area (Å²) < 4.78 is 0. The van der Waals surface area contributed by atoms with Gasteiger partial charge in [-0.15, -0.1) is 0 Å². The predicted octanol–water partition coefficient (Wildman–Crippen LogP) is 4.59. The molecule has 27 heavy (non-hydrogen) atoms. The Morgan fingerprint density at radius 3 is 1.22 bits per heavy atom. The van der Waals surface area contributed by atoms with Gasteiger partial charge in [-0.05, 0) is 39.3 Å². The third-order valence-corrected chi connectivity index (χ3v) is 10.3. The van der Waals surface area contributed by atoms with Crippen molar-refractivity contribution in [3.63, 3.8) is 0 Å². The fourth-order valence-electron chi connectivity index (χ4n) is 3.88. The minimum Gasteiger partial charge on any atom is -0.0843 e. The Hall–Kier alpha value is -2.61. The molecular weight excluding hydrogens is 364 g/mol. The Kier molecular flexibility index (Phi) is 5.24. The largest absolute Gasteiger partial charge is 0.152 e. The molecule has 0 radical (unpaired) electrons. The first kappa shape index (κ1) is 17.8. The monoisotopic (exact) mass is 384 g/mol. The summed E-state index contributed by atoms with van der Waals surface area (Å²) in [5, 5.41) is 5.07. The van der Waals surface area contributed by atoms with Gasteiger partial charge in [0, 0.05) is 5.02 Å². The molecule has 0 N–H and O–H groups in total. The molecule has 4 aromatic carbocycles. The minimum absolute atomic E-state index is 0.783. The van der Waals surface area contributed by atoms with Gasteiger partial charge in [0.15, 0.2) is 8.07 Å². The lowest BCUT2D eigenvalue weighted by Crippen LogP contribution is -2.68. The van der Waals surface area contributed by atoms with E-state index in [4.69, 9.17) is 11.6 Å². The zero-order valence-electron chi connectivity index (χ0n) is 15.1. The molecule has 0 heterocycles. The number of halogens is 1. The summed E-state index contributed by atoms with van der Waals surface area (Å²) in [6.07, 6.45) is 0. The van der Waals surface area contributed by atoms with Crippen LogP contribution in [0.2, 0.25) is 5.02 Å². The molecule has 0 spiro atoms. The highest BCUT2D eigenvalue weighted by atomic mass is 35.5. The Balaban J connectivity index is 1.98. The van der Waals surface area contributed by atoms with E-state index in [9.17, 15) is 0 Å². The van der Waals surface area contributed by atoms with Crippen molar-refractivity contribution in [2.75, 3.05) is 0 Å². The molecule has 0 nitrogen and oxygen atoms in total. The molecule has 0 atom stereocenters. The van der Waals surface area contributed by atoms with Gasteiger partial charge in [0.05, 0.1) is 0 Å². The highest BCUT2D eigenvalue weighted by Gasteiger charge is 2.39. The third-order valence-electron chi connectivity index (χ3n) is 5.18. The fraction of sp³-hybridized carbons (Fsp3) is 0.0400. The summed E-state index contributed by atoms with van der Waals surface area (Å²) in [4.78, 5) is 0. The molecule has 0 aliphatic rings. The highest BCUT2D eigenvalue weighted by molar-refractivity contribution is 7.11. The lowest BCUT2D eigenvalue weighted by Gasteiger charge is -2.34. The first-order valence-corrected chi connectivity index (χ1v) is 11.8. The summed E-state index contributed by atoms with van der Waals surface area (Å²) >= 11 is 6.15. The molecule has 0 aliphatic heterocycles. The average molecular weight is 385 g/mol. The maximum Gasteiger partial charge on any atom is 0.152 e. The van der Waals surface area contributed by atoms with Crippen molar-refractivity contribution in [2.24, 2.45) is 0 Å². The van der Waals surface area contributed by atoms with Crippen molar-refractivity contribution < 1.29 is 0 Å². The summed E-state index contributed by atoms with van der Waals surface area (Å²) in [6, 6.07) is 42.3. The number of hydrogen-bond acceptors (Lipinski definition) is 0. The van der Waals surface area contributed by atoms with Crippen LogP contribution in [0.1, 0.15) is 5.56 Å². The van der Waals surface area contributed by atoms with Crippen molar-refractivity contribution in [3.05, 3.63) is 126 Å². The Morgan fingerprint density at radius 1 is 0.481 bits per heavy atom. The van der Waals surface area contributed by atoms with Crippen LogP contribution in [0, 0.1) is 0 Å². The zero-order chi connectivity index (χ0) is 18.5. The second-order valence-electron chi connectivity index (χ2n) is 6.81. The molecule has 0 aromatic heterocycles. The van der Waals surface area contributed by atoms with E-state index in [1.165, 1.54) is 21.1 Å². The van der Waals surface area contributed by atoms with Gasteiger partial charge in [-0.2, -0.15) is 0 Å². The summed E-state index contributed by atoms with van der Waals surface area (Å²) in [5.74, 6) is 0. The third kappa shape index (κ3) is 3.62. The molecule has 2 heteroatoms. The van der Waals surface area contributed by atoms with Crippen molar-refractivity contribution in [1.82, 2.24) is 0 Å². The van der Waals surface area contributed by atoms with E-state index in [1.54, 1.807) is 0 Å². The molecular formula is C25H21ClSi. The maximum absolute atomic E-state index is 6.15. The zero-order valence-corrected chi connectivity index (χ0v) is 16.8. The number of hydrogen-bond donors (Lipinski definition) is 0. The van der Waals surface area contributed by atoms with Crippen molar-refractivity contribution >= 4 is 35.2 Å². The molecule has 4 rings (SSSR count). The van der Waals surface area contributed by atoms with Crippen LogP contribution in [0.4, 0.5) is 0 Å². The number of rotatable bonds is 5. The Morgan fingerprint density at radius 2 is 0.852 bits per heavy atom. The van der Waals surface area contributed by atoms with Crippen LogP contribution in [-0.2, 0) is 6.04 Å². The van der Waals surface area contributed by atoms with Crippen molar-refractivity contribution in [2.45, 2.75) is 6.04 Å². The van der Waals surface area contributed by atoms with Crippen molar-refractivity contribution in [3.8, 4) is 0 Å². The SMILES string of the molecule is Clc1ccc(C[Si](c2ccccc2)(c2ccccc2)c2ccccc2)cc1. The lowest BCUT2D eigenvalue weighted by atomic mass is 10.2. The van der Waals surface area contributed by atoms with E-state index in [0.29, 0.717) is 0 Å². The molecule has 0 fully saturated rings. The predicted molar refractivity (Wildman–Crippen MR) is 119 cm³/mol. The summed E-state index contributed by atoms with van der Waals surface area (Å²) in [6.45, 7) is 0.